The van der Waals surface area contributed by atoms with Crippen molar-refractivity contribution < 1.29 is 4.39 Å². The number of benzene rings is 1. The van der Waals surface area contributed by atoms with E-state index in [1.54, 1.807) is 12.3 Å². The van der Waals surface area contributed by atoms with Crippen molar-refractivity contribution >= 4 is 21.7 Å². The number of rotatable bonds is 4. The van der Waals surface area contributed by atoms with Gasteiger partial charge in [0.05, 0.1) is 4.47 Å². The summed E-state index contributed by atoms with van der Waals surface area (Å²) >= 11 is 3.43. The Kier molecular flexibility index (Phi) is 4.50. The van der Waals surface area contributed by atoms with Gasteiger partial charge in [-0.2, -0.15) is 0 Å². The Morgan fingerprint density at radius 1 is 1.37 bits per heavy atom. The van der Waals surface area contributed by atoms with E-state index in [1.807, 2.05) is 19.1 Å². The third kappa shape index (κ3) is 3.52. The predicted octanol–water partition coefficient (Wildman–Crippen LogP) is 3.36. The van der Waals surface area contributed by atoms with E-state index in [0.29, 0.717) is 24.5 Å². The van der Waals surface area contributed by atoms with E-state index in [9.17, 15) is 4.39 Å². The molecule has 1 aromatic heterocycles. The molecular weight excluding hydrogens is 309 g/mol. The molecule has 0 unspecified atom stereocenters. The summed E-state index contributed by atoms with van der Waals surface area (Å²) in [5, 5.41) is 3.11. The van der Waals surface area contributed by atoms with Crippen molar-refractivity contribution in [1.29, 1.82) is 0 Å². The summed E-state index contributed by atoms with van der Waals surface area (Å²) in [6.07, 6.45) is 1.76. The molecule has 0 saturated carbocycles. The topological polar surface area (TPSA) is 50.9 Å². The zero-order valence-electron chi connectivity index (χ0n) is 10.6. The number of hydrogen-bond donors (Lipinski definition) is 2. The smallest absolute Gasteiger partial charge is 0.140 e. The molecule has 0 aliphatic heterocycles. The fourth-order valence-electron chi connectivity index (χ4n) is 1.70. The molecule has 0 spiro atoms. The molecule has 0 aliphatic rings. The van der Waals surface area contributed by atoms with Crippen LogP contribution >= 0.6 is 15.9 Å². The van der Waals surface area contributed by atoms with Crippen molar-refractivity contribution in [3.8, 4) is 0 Å². The summed E-state index contributed by atoms with van der Waals surface area (Å²) in [7, 11) is 0. The summed E-state index contributed by atoms with van der Waals surface area (Å²) in [4.78, 5) is 4.26. The molecular formula is C14H15BrFN3. The summed E-state index contributed by atoms with van der Waals surface area (Å²) < 4.78 is 14.6. The van der Waals surface area contributed by atoms with Gasteiger partial charge < -0.3 is 11.1 Å². The lowest BCUT2D eigenvalue weighted by Gasteiger charge is -2.09. The van der Waals surface area contributed by atoms with E-state index in [2.05, 4.69) is 26.2 Å². The van der Waals surface area contributed by atoms with Crippen LogP contribution in [0.3, 0.4) is 0 Å². The number of nitrogens with two attached hydrogens (primary N) is 1. The Balaban J connectivity index is 2.10. The van der Waals surface area contributed by atoms with Crippen molar-refractivity contribution in [2.75, 3.05) is 5.32 Å². The van der Waals surface area contributed by atoms with Gasteiger partial charge in [0, 0.05) is 24.8 Å². The Bertz CT molecular complexity index is 587. The number of pyridine rings is 1. The van der Waals surface area contributed by atoms with Crippen molar-refractivity contribution in [3.05, 3.63) is 57.4 Å². The zero-order valence-corrected chi connectivity index (χ0v) is 12.2. The van der Waals surface area contributed by atoms with Gasteiger partial charge in [-0.25, -0.2) is 9.37 Å². The lowest BCUT2D eigenvalue weighted by molar-refractivity contribution is 0.610. The summed E-state index contributed by atoms with van der Waals surface area (Å²) in [6, 6.07) is 7.00. The van der Waals surface area contributed by atoms with Crippen LogP contribution in [0.2, 0.25) is 0 Å². The quantitative estimate of drug-likeness (QED) is 0.907. The maximum Gasteiger partial charge on any atom is 0.140 e. The van der Waals surface area contributed by atoms with Crippen LogP contribution in [0.1, 0.15) is 16.7 Å². The van der Waals surface area contributed by atoms with Crippen LogP contribution in [-0.2, 0) is 13.1 Å². The highest BCUT2D eigenvalue weighted by molar-refractivity contribution is 9.10. The zero-order chi connectivity index (χ0) is 13.8. The maximum absolute atomic E-state index is 13.8. The Hall–Kier alpha value is -1.46. The number of aryl methyl sites for hydroxylation is 1. The molecule has 3 nitrogen and oxygen atoms in total. The minimum absolute atomic E-state index is 0.251. The van der Waals surface area contributed by atoms with E-state index in [1.165, 1.54) is 6.07 Å². The number of hydrogen-bond acceptors (Lipinski definition) is 3. The SMILES string of the molecule is Cc1cnc(NCc2ccc(CN)cc2F)c(Br)c1. The van der Waals surface area contributed by atoms with Gasteiger partial charge in [-0.05, 0) is 46.1 Å². The van der Waals surface area contributed by atoms with Crippen LogP contribution in [0.4, 0.5) is 10.2 Å². The van der Waals surface area contributed by atoms with Gasteiger partial charge in [-0.3, -0.25) is 0 Å². The molecule has 0 atom stereocenters. The van der Waals surface area contributed by atoms with Crippen molar-refractivity contribution in [2.24, 2.45) is 5.73 Å². The highest BCUT2D eigenvalue weighted by Crippen LogP contribution is 2.21. The van der Waals surface area contributed by atoms with Gasteiger partial charge in [-0.1, -0.05) is 12.1 Å². The Labute approximate surface area is 120 Å². The van der Waals surface area contributed by atoms with Gasteiger partial charge in [-0.15, -0.1) is 0 Å². The van der Waals surface area contributed by atoms with Gasteiger partial charge >= 0.3 is 0 Å². The number of halogens is 2. The molecule has 1 heterocycles. The third-order valence-electron chi connectivity index (χ3n) is 2.78. The van der Waals surface area contributed by atoms with E-state index in [4.69, 9.17) is 5.73 Å². The molecule has 0 fully saturated rings. The van der Waals surface area contributed by atoms with Crippen LogP contribution in [0.15, 0.2) is 34.9 Å². The van der Waals surface area contributed by atoms with Crippen LogP contribution in [0.5, 0.6) is 0 Å². The molecule has 3 N–H and O–H groups in total. The van der Waals surface area contributed by atoms with E-state index >= 15 is 0 Å². The van der Waals surface area contributed by atoms with Gasteiger partial charge in [0.15, 0.2) is 0 Å². The lowest BCUT2D eigenvalue weighted by atomic mass is 10.1. The normalized spacial score (nSPS) is 10.5. The highest BCUT2D eigenvalue weighted by Gasteiger charge is 2.05. The molecule has 0 amide bonds. The fourth-order valence-corrected chi connectivity index (χ4v) is 2.31. The first kappa shape index (κ1) is 14.0. The molecule has 5 heteroatoms. The van der Waals surface area contributed by atoms with E-state index in [-0.39, 0.29) is 5.82 Å². The minimum atomic E-state index is -0.251. The van der Waals surface area contributed by atoms with Crippen molar-refractivity contribution in [1.82, 2.24) is 4.98 Å². The molecule has 0 radical (unpaired) electrons. The molecule has 100 valence electrons. The summed E-state index contributed by atoms with van der Waals surface area (Å²) in [6.45, 7) is 2.69. The molecule has 0 bridgehead atoms. The monoisotopic (exact) mass is 323 g/mol. The first-order valence-electron chi connectivity index (χ1n) is 5.93. The average molecular weight is 324 g/mol. The second-order valence-electron chi connectivity index (χ2n) is 4.33. The van der Waals surface area contributed by atoms with Crippen molar-refractivity contribution in [3.63, 3.8) is 0 Å². The van der Waals surface area contributed by atoms with Gasteiger partial charge in [0.2, 0.25) is 0 Å². The third-order valence-corrected chi connectivity index (χ3v) is 3.38. The first-order chi connectivity index (χ1) is 9.10. The molecule has 0 saturated heterocycles. The average Bonchev–Trinajstić information content (AvgIpc) is 2.39. The standard InChI is InChI=1S/C14H15BrFN3/c1-9-4-12(15)14(18-7-9)19-8-11-3-2-10(6-17)5-13(11)16/h2-5,7H,6,8,17H2,1H3,(H,18,19). The lowest BCUT2D eigenvalue weighted by Crippen LogP contribution is -2.05. The molecule has 2 rings (SSSR count). The Morgan fingerprint density at radius 2 is 2.16 bits per heavy atom. The second-order valence-corrected chi connectivity index (χ2v) is 5.18. The van der Waals surface area contributed by atoms with Crippen molar-refractivity contribution in [2.45, 2.75) is 20.0 Å². The minimum Gasteiger partial charge on any atom is -0.365 e. The van der Waals surface area contributed by atoms with Crippen LogP contribution < -0.4 is 11.1 Å². The number of nitrogens with one attached hydrogen (secondary N) is 1. The number of anilines is 1. The fraction of sp³-hybridized carbons (Fsp3) is 0.214. The second kappa shape index (κ2) is 6.12. The number of nitrogens with zero attached hydrogens (tertiary/aromatic N) is 1. The molecule has 19 heavy (non-hydrogen) atoms. The summed E-state index contributed by atoms with van der Waals surface area (Å²) in [5.74, 6) is 0.451. The molecule has 1 aromatic carbocycles. The van der Waals surface area contributed by atoms with Gasteiger partial charge in [0.25, 0.3) is 0 Å². The largest absolute Gasteiger partial charge is 0.365 e. The van der Waals surface area contributed by atoms with E-state index in [0.717, 1.165) is 15.6 Å². The van der Waals surface area contributed by atoms with Crippen LogP contribution in [0, 0.1) is 12.7 Å². The molecule has 2 aromatic rings. The van der Waals surface area contributed by atoms with Crippen LogP contribution in [0.25, 0.3) is 0 Å². The van der Waals surface area contributed by atoms with E-state index < -0.39 is 0 Å². The van der Waals surface area contributed by atoms with Gasteiger partial charge in [0.1, 0.15) is 11.6 Å². The highest BCUT2D eigenvalue weighted by atomic mass is 79.9. The number of aromatic nitrogens is 1. The summed E-state index contributed by atoms with van der Waals surface area (Å²) in [5.41, 5.74) is 7.91. The predicted molar refractivity (Wildman–Crippen MR) is 78.3 cm³/mol. The maximum atomic E-state index is 13.8. The Morgan fingerprint density at radius 3 is 2.79 bits per heavy atom. The molecule has 0 aliphatic carbocycles. The van der Waals surface area contributed by atoms with Crippen LogP contribution in [-0.4, -0.2) is 4.98 Å². The first-order valence-corrected chi connectivity index (χ1v) is 6.73.